The van der Waals surface area contributed by atoms with Crippen LogP contribution in [0.15, 0.2) is 76.3 Å². The Bertz CT molecular complexity index is 833. The fourth-order valence-corrected chi connectivity index (χ4v) is 2.92. The quantitative estimate of drug-likeness (QED) is 0.871. The van der Waals surface area contributed by atoms with Gasteiger partial charge in [-0.25, -0.2) is 4.99 Å². The Hall–Kier alpha value is -2.46. The van der Waals surface area contributed by atoms with Crippen molar-refractivity contribution in [2.24, 2.45) is 10.7 Å². The molecule has 0 fully saturated rings. The van der Waals surface area contributed by atoms with Crippen LogP contribution < -0.4 is 10.6 Å². The lowest BCUT2D eigenvalue weighted by molar-refractivity contribution is 1.12. The molecule has 0 aliphatic heterocycles. The number of aliphatic imine (C=N–C) groups is 1. The maximum absolute atomic E-state index is 6.17. The van der Waals surface area contributed by atoms with Crippen molar-refractivity contribution in [1.82, 2.24) is 0 Å². The zero-order chi connectivity index (χ0) is 17.1. The zero-order valence-electron chi connectivity index (χ0n) is 14.0. The van der Waals surface area contributed by atoms with E-state index >= 15 is 0 Å². The number of rotatable bonds is 3. The Balaban J connectivity index is 1.95. The molecule has 24 heavy (non-hydrogen) atoms. The Morgan fingerprint density at radius 1 is 1.08 bits per heavy atom. The van der Waals surface area contributed by atoms with E-state index in [0.29, 0.717) is 0 Å². The van der Waals surface area contributed by atoms with E-state index in [-0.39, 0.29) is 0 Å². The third-order valence-corrected chi connectivity index (χ3v) is 4.40. The van der Waals surface area contributed by atoms with Crippen LogP contribution in [0.1, 0.15) is 12.0 Å². The Kier molecular flexibility index (Phi) is 4.76. The minimum absolute atomic E-state index is 0.739. The summed E-state index contributed by atoms with van der Waals surface area (Å²) in [4.78, 5) is 7.85. The number of nitrogens with two attached hydrogens (primary N) is 1. The van der Waals surface area contributed by atoms with E-state index in [0.717, 1.165) is 45.2 Å². The van der Waals surface area contributed by atoms with Crippen LogP contribution in [0.3, 0.4) is 0 Å². The van der Waals surface area contributed by atoms with Gasteiger partial charge in [-0.3, -0.25) is 0 Å². The first-order valence-corrected chi connectivity index (χ1v) is 8.38. The second-order valence-corrected chi connectivity index (χ2v) is 6.53. The van der Waals surface area contributed by atoms with Gasteiger partial charge in [0.2, 0.25) is 0 Å². The highest BCUT2D eigenvalue weighted by Crippen LogP contribution is 2.28. The van der Waals surface area contributed by atoms with Gasteiger partial charge < -0.3 is 10.6 Å². The van der Waals surface area contributed by atoms with E-state index in [1.807, 2.05) is 44.4 Å². The van der Waals surface area contributed by atoms with Crippen LogP contribution >= 0.6 is 0 Å². The first kappa shape index (κ1) is 16.4. The van der Waals surface area contributed by atoms with E-state index < -0.39 is 0 Å². The third-order valence-electron chi connectivity index (χ3n) is 4.00. The molecule has 2 aromatic rings. The number of hydrogen-bond acceptors (Lipinski definition) is 3. The Morgan fingerprint density at radius 2 is 1.83 bits per heavy atom. The lowest BCUT2D eigenvalue weighted by Crippen LogP contribution is -2.09. The van der Waals surface area contributed by atoms with Crippen LogP contribution in [0.4, 0.5) is 11.4 Å². The van der Waals surface area contributed by atoms with Crippen LogP contribution in [0.25, 0.3) is 5.57 Å². The molecule has 0 saturated carbocycles. The molecular formula is C20H22N3S+. The maximum Gasteiger partial charge on any atom is 0.178 e. The van der Waals surface area contributed by atoms with E-state index in [9.17, 15) is 0 Å². The summed E-state index contributed by atoms with van der Waals surface area (Å²) in [6.45, 7) is 0. The van der Waals surface area contributed by atoms with Gasteiger partial charge >= 0.3 is 0 Å². The zero-order valence-corrected chi connectivity index (χ0v) is 15.0. The predicted molar refractivity (Wildman–Crippen MR) is 108 cm³/mol. The summed E-state index contributed by atoms with van der Waals surface area (Å²) in [6, 6.07) is 16.3. The van der Waals surface area contributed by atoms with Crippen LogP contribution in [-0.2, 0) is 12.6 Å². The van der Waals surface area contributed by atoms with Crippen molar-refractivity contribution in [2.75, 3.05) is 19.0 Å². The van der Waals surface area contributed by atoms with Crippen LogP contribution in [0.5, 0.6) is 0 Å². The third kappa shape index (κ3) is 3.54. The van der Waals surface area contributed by atoms with Crippen molar-refractivity contribution in [3.8, 4) is 0 Å². The lowest BCUT2D eigenvalue weighted by Gasteiger charge is -2.15. The summed E-state index contributed by atoms with van der Waals surface area (Å²) in [7, 11) is 4.05. The van der Waals surface area contributed by atoms with Crippen molar-refractivity contribution < 1.29 is 0 Å². The first-order valence-electron chi connectivity index (χ1n) is 7.88. The normalized spacial score (nSPS) is 15.9. The summed E-state index contributed by atoms with van der Waals surface area (Å²) < 4.78 is 0. The van der Waals surface area contributed by atoms with Crippen molar-refractivity contribution in [2.45, 2.75) is 11.3 Å². The van der Waals surface area contributed by atoms with E-state index in [4.69, 9.17) is 10.7 Å². The first-order chi connectivity index (χ1) is 11.5. The number of anilines is 1. The molecule has 0 unspecified atom stereocenters. The van der Waals surface area contributed by atoms with Gasteiger partial charge in [0, 0.05) is 49.3 Å². The lowest BCUT2D eigenvalue weighted by atomic mass is 9.95. The topological polar surface area (TPSA) is 41.6 Å². The summed E-state index contributed by atoms with van der Waals surface area (Å²) >= 11 is 3.68. The summed E-state index contributed by atoms with van der Waals surface area (Å²) in [5, 5.41) is 0. The second-order valence-electron chi connectivity index (χ2n) is 5.99. The molecule has 122 valence electrons. The molecule has 0 spiro atoms. The molecule has 0 aromatic heterocycles. The molecule has 0 radical (unpaired) electrons. The van der Waals surface area contributed by atoms with Crippen LogP contribution in [0.2, 0.25) is 0 Å². The highest BCUT2D eigenvalue weighted by molar-refractivity contribution is 7.59. The van der Waals surface area contributed by atoms with E-state index in [2.05, 4.69) is 47.9 Å². The number of benzene rings is 2. The minimum Gasteiger partial charge on any atom is -0.398 e. The molecule has 3 rings (SSSR count). The van der Waals surface area contributed by atoms with Crippen molar-refractivity contribution in [3.05, 3.63) is 71.9 Å². The fraction of sp³-hybridized carbons (Fsp3) is 0.150. The van der Waals surface area contributed by atoms with Crippen LogP contribution in [-0.4, -0.2) is 19.8 Å². The molecule has 0 amide bonds. The van der Waals surface area contributed by atoms with Gasteiger partial charge in [-0.05, 0) is 36.4 Å². The monoisotopic (exact) mass is 336 g/mol. The van der Waals surface area contributed by atoms with E-state index in [1.165, 1.54) is 0 Å². The van der Waals surface area contributed by atoms with Crippen LogP contribution in [0, 0.1) is 0 Å². The van der Waals surface area contributed by atoms with Crippen molar-refractivity contribution in [1.29, 1.82) is 0 Å². The molecule has 0 saturated heterocycles. The average Bonchev–Trinajstić information content (AvgIpc) is 2.59. The number of allylic oxidation sites excluding steroid dienone is 3. The van der Waals surface area contributed by atoms with Gasteiger partial charge in [0.05, 0.1) is 0 Å². The highest BCUT2D eigenvalue weighted by Gasteiger charge is 2.13. The summed E-state index contributed by atoms with van der Waals surface area (Å²) in [5.74, 6) is 0. The molecule has 3 nitrogen and oxygen atoms in total. The predicted octanol–water partition coefficient (Wildman–Crippen LogP) is 3.53. The minimum atomic E-state index is 0.739. The number of nitrogens with zero attached hydrogens (tertiary/aromatic N) is 2. The van der Waals surface area contributed by atoms with Gasteiger partial charge in [0.15, 0.2) is 4.90 Å². The van der Waals surface area contributed by atoms with Crippen molar-refractivity contribution >= 4 is 35.3 Å². The smallest absolute Gasteiger partial charge is 0.178 e. The molecule has 4 heteroatoms. The molecule has 0 heterocycles. The Morgan fingerprint density at radius 3 is 2.50 bits per heavy atom. The van der Waals surface area contributed by atoms with E-state index in [1.54, 1.807) is 0 Å². The standard InChI is InChI=1S/C20H21N3S/c1-23(2)16-9-11-19(20(24)13-16)22-15-8-10-18(21)17(12-15)14-6-4-3-5-7-14/h3-7,9-13,24H,8,21H2,1-2H3/p+1. The van der Waals surface area contributed by atoms with Gasteiger partial charge in [0.25, 0.3) is 0 Å². The molecule has 1 aliphatic carbocycles. The SMILES string of the molecule is CN(C)c1ccc(N=C2C=C(c3ccccc3)C(N)=CC2)c([SH2+])c1. The Labute approximate surface area is 148 Å². The summed E-state index contributed by atoms with van der Waals surface area (Å²) in [6.07, 6.45) is 4.85. The molecule has 2 aromatic carbocycles. The highest BCUT2D eigenvalue weighted by atomic mass is 32.1. The molecule has 2 N–H and O–H groups in total. The average molecular weight is 336 g/mol. The molecule has 0 bridgehead atoms. The number of hydrogen-bond donors (Lipinski definition) is 1. The molecule has 1 aliphatic rings. The maximum atomic E-state index is 6.17. The van der Waals surface area contributed by atoms with Gasteiger partial charge in [-0.15, -0.1) is 0 Å². The van der Waals surface area contributed by atoms with Gasteiger partial charge in [-0.2, -0.15) is 0 Å². The molecule has 0 atom stereocenters. The summed E-state index contributed by atoms with van der Waals surface area (Å²) in [5.41, 5.74) is 12.2. The van der Waals surface area contributed by atoms with Gasteiger partial charge in [0.1, 0.15) is 5.69 Å². The molecular weight excluding hydrogens is 314 g/mol. The van der Waals surface area contributed by atoms with Crippen molar-refractivity contribution in [3.63, 3.8) is 0 Å². The largest absolute Gasteiger partial charge is 0.398 e. The fourth-order valence-electron chi connectivity index (χ4n) is 2.63. The second kappa shape index (κ2) is 6.97. The van der Waals surface area contributed by atoms with Gasteiger partial charge in [-0.1, -0.05) is 36.4 Å².